The van der Waals surface area contributed by atoms with E-state index in [0.29, 0.717) is 22.8 Å². The molecule has 7 heteroatoms. The third-order valence-electron chi connectivity index (χ3n) is 4.86. The Morgan fingerprint density at radius 2 is 2.19 bits per heavy atom. The largest absolute Gasteiger partial charge is 0.410 e. The molecule has 2 aromatic heterocycles. The van der Waals surface area contributed by atoms with Crippen LogP contribution in [0, 0.1) is 11.8 Å². The molecule has 0 spiro atoms. The van der Waals surface area contributed by atoms with Crippen molar-refractivity contribution in [3.05, 3.63) is 16.5 Å². The topological polar surface area (TPSA) is 68.0 Å². The highest BCUT2D eigenvalue weighted by molar-refractivity contribution is 7.99. The molecule has 148 valence electrons. The zero-order chi connectivity index (χ0) is 19.4. The Kier molecular flexibility index (Phi) is 6.98. The molecule has 1 N–H and O–H groups in total. The average Bonchev–Trinajstić information content (AvgIpc) is 3.24. The third kappa shape index (κ3) is 5.82. The first-order valence-corrected chi connectivity index (χ1v) is 11.6. The van der Waals surface area contributed by atoms with Crippen LogP contribution in [0.2, 0.25) is 0 Å². The molecular weight excluding hydrogens is 378 g/mol. The van der Waals surface area contributed by atoms with Crippen LogP contribution in [-0.4, -0.2) is 27.9 Å². The van der Waals surface area contributed by atoms with E-state index in [2.05, 4.69) is 49.3 Å². The molecule has 1 amide bonds. The van der Waals surface area contributed by atoms with E-state index in [9.17, 15) is 4.79 Å². The lowest BCUT2D eigenvalue weighted by Crippen LogP contribution is -2.34. The minimum atomic E-state index is 0.0107. The van der Waals surface area contributed by atoms with Gasteiger partial charge in [0.2, 0.25) is 5.91 Å². The molecule has 0 radical (unpaired) electrons. The molecule has 2 aromatic rings. The minimum absolute atomic E-state index is 0.0107. The Hall–Kier alpha value is -1.34. The number of carbonyl (C=O) groups excluding carboxylic acids is 1. The highest BCUT2D eigenvalue weighted by Crippen LogP contribution is 2.37. The molecule has 0 bridgehead atoms. The van der Waals surface area contributed by atoms with Gasteiger partial charge in [0.15, 0.2) is 0 Å². The van der Waals surface area contributed by atoms with Gasteiger partial charge in [-0.25, -0.2) is 0 Å². The lowest BCUT2D eigenvalue weighted by molar-refractivity contribution is -0.119. The number of hydrogen-bond acceptors (Lipinski definition) is 6. The number of hydrogen-bond donors (Lipinski definition) is 1. The van der Waals surface area contributed by atoms with E-state index < -0.39 is 0 Å². The van der Waals surface area contributed by atoms with Gasteiger partial charge < -0.3 is 9.73 Å². The second-order valence-electron chi connectivity index (χ2n) is 8.01. The van der Waals surface area contributed by atoms with E-state index in [1.54, 1.807) is 11.3 Å². The zero-order valence-corrected chi connectivity index (χ0v) is 18.2. The molecule has 0 aromatic carbocycles. The summed E-state index contributed by atoms with van der Waals surface area (Å²) in [5, 5.41) is 11.8. The molecule has 2 atom stereocenters. The Bertz CT molecular complexity index is 769. The van der Waals surface area contributed by atoms with Crippen molar-refractivity contribution in [2.45, 2.75) is 71.1 Å². The van der Waals surface area contributed by atoms with Crippen LogP contribution in [0.25, 0.3) is 10.8 Å². The monoisotopic (exact) mass is 407 g/mol. The van der Waals surface area contributed by atoms with E-state index >= 15 is 0 Å². The quantitative estimate of drug-likeness (QED) is 0.627. The summed E-state index contributed by atoms with van der Waals surface area (Å²) in [6.07, 6.45) is 5.65. The van der Waals surface area contributed by atoms with Gasteiger partial charge >= 0.3 is 0 Å². The van der Waals surface area contributed by atoms with Crippen LogP contribution in [0.4, 0.5) is 0 Å². The number of amides is 1. The normalized spacial score (nSPS) is 17.7. The lowest BCUT2D eigenvalue weighted by Gasteiger charge is -2.16. The van der Waals surface area contributed by atoms with Gasteiger partial charge in [0.25, 0.3) is 11.1 Å². The van der Waals surface area contributed by atoms with Gasteiger partial charge in [-0.15, -0.1) is 21.5 Å². The van der Waals surface area contributed by atoms with Crippen molar-refractivity contribution >= 4 is 29.0 Å². The highest BCUT2D eigenvalue weighted by atomic mass is 32.2. The summed E-state index contributed by atoms with van der Waals surface area (Å²) in [4.78, 5) is 14.6. The van der Waals surface area contributed by atoms with Gasteiger partial charge in [-0.3, -0.25) is 4.79 Å². The van der Waals surface area contributed by atoms with Crippen molar-refractivity contribution in [1.29, 1.82) is 0 Å². The summed E-state index contributed by atoms with van der Waals surface area (Å²) < 4.78 is 5.78. The highest BCUT2D eigenvalue weighted by Gasteiger charge is 2.21. The second kappa shape index (κ2) is 9.24. The average molecular weight is 408 g/mol. The lowest BCUT2D eigenvalue weighted by atomic mass is 9.90. The smallest absolute Gasteiger partial charge is 0.277 e. The number of nitrogens with zero attached hydrogens (tertiary/aromatic N) is 2. The predicted molar refractivity (Wildman–Crippen MR) is 111 cm³/mol. The van der Waals surface area contributed by atoms with Crippen LogP contribution >= 0.6 is 23.1 Å². The predicted octanol–water partition coefficient (Wildman–Crippen LogP) is 4.96. The summed E-state index contributed by atoms with van der Waals surface area (Å²) in [5.74, 6) is 2.27. The number of carbonyl (C=O) groups is 1. The molecule has 3 rings (SSSR count). The van der Waals surface area contributed by atoms with E-state index in [1.165, 1.54) is 28.6 Å². The van der Waals surface area contributed by atoms with Gasteiger partial charge in [0.05, 0.1) is 10.6 Å². The molecule has 5 nitrogen and oxygen atoms in total. The standard InChI is InChI=1S/C20H29N3O2S2/c1-12(2)5-7-14(4)21-18(24)11-26-20-23-22-19(25-20)17-10-15-9-13(3)6-8-16(15)27-17/h10,12-14H,5-9,11H2,1-4H3,(H,21,24)/t13-,14-/m1/s1. The maximum absolute atomic E-state index is 12.1. The summed E-state index contributed by atoms with van der Waals surface area (Å²) in [6, 6.07) is 2.39. The van der Waals surface area contributed by atoms with Crippen molar-refractivity contribution < 1.29 is 9.21 Å². The van der Waals surface area contributed by atoms with Gasteiger partial charge in [0, 0.05) is 10.9 Å². The summed E-state index contributed by atoms with van der Waals surface area (Å²) in [7, 11) is 0. The van der Waals surface area contributed by atoms with Crippen LogP contribution in [-0.2, 0) is 17.6 Å². The number of fused-ring (bicyclic) bond motifs is 1. The van der Waals surface area contributed by atoms with E-state index in [0.717, 1.165) is 36.5 Å². The third-order valence-corrected chi connectivity index (χ3v) is 6.90. The Labute approximate surface area is 169 Å². The van der Waals surface area contributed by atoms with Crippen molar-refractivity contribution in [1.82, 2.24) is 15.5 Å². The molecule has 1 aliphatic carbocycles. The zero-order valence-electron chi connectivity index (χ0n) is 16.6. The second-order valence-corrected chi connectivity index (χ2v) is 10.1. The molecule has 0 aliphatic heterocycles. The number of thiophene rings is 1. The maximum atomic E-state index is 12.1. The molecule has 27 heavy (non-hydrogen) atoms. The van der Waals surface area contributed by atoms with Gasteiger partial charge in [-0.1, -0.05) is 32.5 Å². The van der Waals surface area contributed by atoms with E-state index in [4.69, 9.17) is 4.42 Å². The summed E-state index contributed by atoms with van der Waals surface area (Å²) in [6.45, 7) is 8.75. The maximum Gasteiger partial charge on any atom is 0.277 e. The summed E-state index contributed by atoms with van der Waals surface area (Å²) >= 11 is 3.06. The van der Waals surface area contributed by atoms with Gasteiger partial charge in [-0.2, -0.15) is 0 Å². The van der Waals surface area contributed by atoms with Crippen LogP contribution in [0.5, 0.6) is 0 Å². The minimum Gasteiger partial charge on any atom is -0.410 e. The fourth-order valence-electron chi connectivity index (χ4n) is 3.28. The Morgan fingerprint density at radius 1 is 1.37 bits per heavy atom. The van der Waals surface area contributed by atoms with Crippen molar-refractivity contribution in [3.63, 3.8) is 0 Å². The molecule has 0 fully saturated rings. The van der Waals surface area contributed by atoms with Crippen LogP contribution in [0.1, 0.15) is 57.4 Å². The fourth-order valence-corrected chi connectivity index (χ4v) is 4.98. The molecule has 0 saturated carbocycles. The molecule has 1 aliphatic rings. The molecule has 0 unspecified atom stereocenters. The van der Waals surface area contributed by atoms with Crippen molar-refractivity contribution in [2.75, 3.05) is 5.75 Å². The Morgan fingerprint density at radius 3 is 2.96 bits per heavy atom. The number of aryl methyl sites for hydroxylation is 1. The first-order valence-electron chi connectivity index (χ1n) is 9.78. The van der Waals surface area contributed by atoms with Gasteiger partial charge in [0.1, 0.15) is 0 Å². The van der Waals surface area contributed by atoms with Crippen molar-refractivity contribution in [3.8, 4) is 10.8 Å². The van der Waals surface area contributed by atoms with Crippen molar-refractivity contribution in [2.24, 2.45) is 11.8 Å². The molecule has 2 heterocycles. The first-order chi connectivity index (χ1) is 12.9. The Balaban J connectivity index is 1.50. The van der Waals surface area contributed by atoms with E-state index in [-0.39, 0.29) is 11.9 Å². The van der Waals surface area contributed by atoms with E-state index in [1.807, 2.05) is 0 Å². The number of rotatable bonds is 8. The number of aromatic nitrogens is 2. The van der Waals surface area contributed by atoms with Crippen LogP contribution in [0.15, 0.2) is 15.7 Å². The molecule has 0 saturated heterocycles. The molecular formula is C20H29N3O2S2. The fraction of sp³-hybridized carbons (Fsp3) is 0.650. The first kappa shape index (κ1) is 20.4. The number of nitrogens with one attached hydrogen (secondary N) is 1. The van der Waals surface area contributed by atoms with Crippen LogP contribution in [0.3, 0.4) is 0 Å². The SMILES string of the molecule is CC(C)CC[C@@H](C)NC(=O)CSc1nnc(-c2cc3c(s2)CC[C@@H](C)C3)o1. The summed E-state index contributed by atoms with van der Waals surface area (Å²) in [5.41, 5.74) is 1.43. The number of thioether (sulfide) groups is 1. The van der Waals surface area contributed by atoms with Crippen LogP contribution < -0.4 is 5.32 Å². The van der Waals surface area contributed by atoms with Gasteiger partial charge in [-0.05, 0) is 62.5 Å².